The molecule has 0 spiro atoms. The normalized spacial score (nSPS) is 11.1. The van der Waals surface area contributed by atoms with Gasteiger partial charge >= 0.3 is 0 Å². The zero-order valence-corrected chi connectivity index (χ0v) is 9.80. The minimum Gasteiger partial charge on any atom is -0.354 e. The van der Waals surface area contributed by atoms with Gasteiger partial charge in [-0.15, -0.1) is 0 Å². The number of hydrogen-bond acceptors (Lipinski definition) is 0. The van der Waals surface area contributed by atoms with Crippen molar-refractivity contribution in [2.45, 2.75) is 6.92 Å². The molecule has 0 aliphatic carbocycles. The first-order valence-electron chi connectivity index (χ1n) is 5.68. The van der Waals surface area contributed by atoms with Gasteiger partial charge in [-0.2, -0.15) is 0 Å². The van der Waals surface area contributed by atoms with E-state index in [4.69, 9.17) is 0 Å². The van der Waals surface area contributed by atoms with Crippen LogP contribution in [-0.4, -0.2) is 4.98 Å². The Morgan fingerprint density at radius 1 is 0.889 bits per heavy atom. The lowest BCUT2D eigenvalue weighted by Gasteiger charge is -1.97. The third-order valence-corrected chi connectivity index (χ3v) is 3.05. The summed E-state index contributed by atoms with van der Waals surface area (Å²) in [6.07, 6.45) is 0. The van der Waals surface area contributed by atoms with Crippen molar-refractivity contribution in [2.24, 2.45) is 0 Å². The van der Waals surface area contributed by atoms with E-state index in [9.17, 15) is 8.78 Å². The van der Waals surface area contributed by atoms with E-state index in [0.717, 1.165) is 27.7 Å². The average Bonchev–Trinajstić information content (AvgIpc) is 2.74. The van der Waals surface area contributed by atoms with Crippen LogP contribution in [0.1, 0.15) is 5.56 Å². The van der Waals surface area contributed by atoms with Crippen LogP contribution >= 0.6 is 0 Å². The van der Waals surface area contributed by atoms with Gasteiger partial charge in [0.15, 0.2) is 0 Å². The second-order valence-electron chi connectivity index (χ2n) is 4.38. The van der Waals surface area contributed by atoms with Crippen molar-refractivity contribution < 1.29 is 8.78 Å². The Kier molecular flexibility index (Phi) is 2.40. The van der Waals surface area contributed by atoms with Crippen molar-refractivity contribution in [1.29, 1.82) is 0 Å². The molecule has 1 nitrogen and oxygen atoms in total. The second-order valence-corrected chi connectivity index (χ2v) is 4.38. The van der Waals surface area contributed by atoms with Crippen LogP contribution in [0.2, 0.25) is 0 Å². The van der Waals surface area contributed by atoms with Gasteiger partial charge in [-0.05, 0) is 60.5 Å². The van der Waals surface area contributed by atoms with Crippen LogP contribution in [0.4, 0.5) is 8.78 Å². The maximum absolute atomic E-state index is 13.3. The molecule has 0 aliphatic heterocycles. The van der Waals surface area contributed by atoms with Gasteiger partial charge in [0.2, 0.25) is 0 Å². The second kappa shape index (κ2) is 3.95. The maximum atomic E-state index is 13.3. The summed E-state index contributed by atoms with van der Waals surface area (Å²) >= 11 is 0. The lowest BCUT2D eigenvalue weighted by atomic mass is 10.1. The molecule has 0 radical (unpaired) electrons. The van der Waals surface area contributed by atoms with Crippen LogP contribution in [0.15, 0.2) is 42.5 Å². The number of rotatable bonds is 1. The highest BCUT2D eigenvalue weighted by Gasteiger charge is 2.07. The van der Waals surface area contributed by atoms with Crippen molar-refractivity contribution in [3.05, 3.63) is 59.7 Å². The van der Waals surface area contributed by atoms with Gasteiger partial charge in [-0.1, -0.05) is 0 Å². The molecule has 1 N–H and O–H groups in total. The predicted octanol–water partition coefficient (Wildman–Crippen LogP) is 4.42. The smallest absolute Gasteiger partial charge is 0.124 e. The van der Waals surface area contributed by atoms with E-state index in [0.29, 0.717) is 0 Å². The number of aromatic amines is 1. The molecule has 1 aromatic heterocycles. The Balaban J connectivity index is 2.19. The van der Waals surface area contributed by atoms with Crippen LogP contribution in [0, 0.1) is 18.6 Å². The van der Waals surface area contributed by atoms with E-state index < -0.39 is 0 Å². The summed E-state index contributed by atoms with van der Waals surface area (Å²) in [6, 6.07) is 11.1. The lowest BCUT2D eigenvalue weighted by molar-refractivity contribution is 0.628. The molecule has 0 unspecified atom stereocenters. The van der Waals surface area contributed by atoms with E-state index in [2.05, 4.69) is 4.98 Å². The van der Waals surface area contributed by atoms with Crippen LogP contribution in [0.3, 0.4) is 0 Å². The summed E-state index contributed by atoms with van der Waals surface area (Å²) in [4.78, 5) is 3.24. The standard InChI is InChI=1S/C15H11F2N/c1-9-6-13(17)7-11-8-14(18-15(9)11)10-2-4-12(16)5-3-10/h2-8,18H,1H3. The fourth-order valence-corrected chi connectivity index (χ4v) is 2.16. The SMILES string of the molecule is Cc1cc(F)cc2cc(-c3ccc(F)cc3)[nH]c12. The summed E-state index contributed by atoms with van der Waals surface area (Å²) in [7, 11) is 0. The first-order valence-corrected chi connectivity index (χ1v) is 5.68. The molecular weight excluding hydrogens is 232 g/mol. The number of hydrogen-bond donors (Lipinski definition) is 1. The van der Waals surface area contributed by atoms with Gasteiger partial charge < -0.3 is 4.98 Å². The van der Waals surface area contributed by atoms with Gasteiger partial charge in [-0.25, -0.2) is 8.78 Å². The van der Waals surface area contributed by atoms with Crippen LogP contribution in [-0.2, 0) is 0 Å². The molecule has 90 valence electrons. The van der Waals surface area contributed by atoms with Gasteiger partial charge in [-0.3, -0.25) is 0 Å². The topological polar surface area (TPSA) is 15.8 Å². The number of fused-ring (bicyclic) bond motifs is 1. The minimum absolute atomic E-state index is 0.246. The Morgan fingerprint density at radius 2 is 1.61 bits per heavy atom. The summed E-state index contributed by atoms with van der Waals surface area (Å²) in [6.45, 7) is 1.86. The summed E-state index contributed by atoms with van der Waals surface area (Å²) in [5.74, 6) is -0.512. The number of halogens is 2. The van der Waals surface area contributed by atoms with Gasteiger partial charge in [0.25, 0.3) is 0 Å². The molecule has 0 saturated carbocycles. The van der Waals surface area contributed by atoms with Crippen LogP contribution in [0.5, 0.6) is 0 Å². The van der Waals surface area contributed by atoms with Crippen molar-refractivity contribution in [3.8, 4) is 11.3 Å². The summed E-state index contributed by atoms with van der Waals surface area (Å²) in [5.41, 5.74) is 3.51. The molecule has 1 heterocycles. The van der Waals surface area contributed by atoms with Crippen molar-refractivity contribution in [2.75, 3.05) is 0 Å². The number of aromatic nitrogens is 1. The van der Waals surface area contributed by atoms with E-state index in [1.165, 1.54) is 24.3 Å². The van der Waals surface area contributed by atoms with E-state index in [1.54, 1.807) is 12.1 Å². The van der Waals surface area contributed by atoms with Crippen molar-refractivity contribution in [3.63, 3.8) is 0 Å². The fraction of sp³-hybridized carbons (Fsp3) is 0.0667. The van der Waals surface area contributed by atoms with Crippen LogP contribution in [0.25, 0.3) is 22.2 Å². The molecule has 3 heteroatoms. The number of aryl methyl sites for hydroxylation is 1. The fourth-order valence-electron chi connectivity index (χ4n) is 2.16. The zero-order chi connectivity index (χ0) is 12.7. The summed E-state index contributed by atoms with van der Waals surface area (Å²) < 4.78 is 26.2. The third-order valence-electron chi connectivity index (χ3n) is 3.05. The molecule has 0 saturated heterocycles. The average molecular weight is 243 g/mol. The molecule has 0 fully saturated rings. The predicted molar refractivity (Wildman–Crippen MR) is 68.4 cm³/mol. The molecule has 18 heavy (non-hydrogen) atoms. The molecule has 2 aromatic carbocycles. The Labute approximate surface area is 103 Å². The Morgan fingerprint density at radius 3 is 2.33 bits per heavy atom. The lowest BCUT2D eigenvalue weighted by Crippen LogP contribution is -1.80. The molecular formula is C15H11F2N. The molecule has 3 aromatic rings. The van der Waals surface area contributed by atoms with E-state index >= 15 is 0 Å². The number of benzene rings is 2. The highest BCUT2D eigenvalue weighted by molar-refractivity contribution is 5.88. The first kappa shape index (κ1) is 11.0. The van der Waals surface area contributed by atoms with Crippen molar-refractivity contribution in [1.82, 2.24) is 4.98 Å². The quantitative estimate of drug-likeness (QED) is 0.651. The van der Waals surface area contributed by atoms with Gasteiger partial charge in [0.1, 0.15) is 11.6 Å². The van der Waals surface area contributed by atoms with Crippen molar-refractivity contribution >= 4 is 10.9 Å². The number of nitrogens with one attached hydrogen (secondary N) is 1. The van der Waals surface area contributed by atoms with E-state index in [-0.39, 0.29) is 11.6 Å². The monoisotopic (exact) mass is 243 g/mol. The maximum Gasteiger partial charge on any atom is 0.124 e. The highest BCUT2D eigenvalue weighted by atomic mass is 19.1. The largest absolute Gasteiger partial charge is 0.354 e. The van der Waals surface area contributed by atoms with E-state index in [1.807, 2.05) is 13.0 Å². The zero-order valence-electron chi connectivity index (χ0n) is 9.80. The van der Waals surface area contributed by atoms with Gasteiger partial charge in [0, 0.05) is 16.6 Å². The molecule has 0 amide bonds. The molecule has 0 aliphatic rings. The first-order chi connectivity index (χ1) is 8.63. The molecule has 0 atom stereocenters. The molecule has 3 rings (SSSR count). The molecule has 0 bridgehead atoms. The summed E-state index contributed by atoms with van der Waals surface area (Å²) in [5, 5.41) is 0.826. The third kappa shape index (κ3) is 1.78. The Hall–Kier alpha value is -2.16. The minimum atomic E-state index is -0.267. The van der Waals surface area contributed by atoms with Crippen LogP contribution < -0.4 is 0 Å². The highest BCUT2D eigenvalue weighted by Crippen LogP contribution is 2.26. The Bertz CT molecular complexity index is 711. The van der Waals surface area contributed by atoms with Gasteiger partial charge in [0.05, 0.1) is 0 Å². The number of H-pyrrole nitrogens is 1.